The Morgan fingerprint density at radius 2 is 1.90 bits per heavy atom. The van der Waals surface area contributed by atoms with Gasteiger partial charge in [0.1, 0.15) is 35.7 Å². The Hall–Kier alpha value is -2.77. The molecule has 0 saturated carbocycles. The summed E-state index contributed by atoms with van der Waals surface area (Å²) in [7, 11) is 0. The van der Waals surface area contributed by atoms with Gasteiger partial charge in [-0.25, -0.2) is 4.79 Å². The zero-order valence-corrected chi connectivity index (χ0v) is 21.7. The molecule has 2 aromatic rings. The van der Waals surface area contributed by atoms with E-state index in [9.17, 15) is 35.1 Å². The Kier molecular flexibility index (Phi) is 7.36. The predicted molar refractivity (Wildman–Crippen MR) is 135 cm³/mol. The number of benzene rings is 2. The highest BCUT2D eigenvalue weighted by atomic mass is 35.5. The minimum atomic E-state index is -1.94. The van der Waals surface area contributed by atoms with E-state index in [1.54, 1.807) is 30.3 Å². The van der Waals surface area contributed by atoms with Crippen molar-refractivity contribution >= 4 is 23.5 Å². The van der Waals surface area contributed by atoms with Gasteiger partial charge in [0.2, 0.25) is 11.7 Å². The van der Waals surface area contributed by atoms with Gasteiger partial charge < -0.3 is 45.1 Å². The van der Waals surface area contributed by atoms with Crippen molar-refractivity contribution in [3.8, 4) is 5.75 Å². The maximum Gasteiger partial charge on any atom is 0.326 e. The summed E-state index contributed by atoms with van der Waals surface area (Å²) < 4.78 is 17.4. The fourth-order valence-corrected chi connectivity index (χ4v) is 6.13. The number of carbonyl (C=O) groups excluding carboxylic acids is 1. The Morgan fingerprint density at radius 1 is 1.18 bits per heavy atom. The van der Waals surface area contributed by atoms with Gasteiger partial charge in [0.15, 0.2) is 0 Å². The van der Waals surface area contributed by atoms with Crippen LogP contribution in [-0.4, -0.2) is 87.2 Å². The number of carboxylic acid groups (broad SMARTS) is 1. The highest BCUT2D eigenvalue weighted by Crippen LogP contribution is 2.51. The van der Waals surface area contributed by atoms with Gasteiger partial charge in [0.05, 0.1) is 19.8 Å². The molecule has 0 aliphatic carbocycles. The lowest BCUT2D eigenvalue weighted by Crippen LogP contribution is -2.65. The third-order valence-corrected chi connectivity index (χ3v) is 8.22. The second kappa shape index (κ2) is 10.3. The minimum Gasteiger partial charge on any atom is -0.494 e. The number of nitrogens with one attached hydrogen (secondary N) is 1. The molecule has 8 atom stereocenters. The van der Waals surface area contributed by atoms with Gasteiger partial charge in [-0.1, -0.05) is 29.8 Å². The zero-order chi connectivity index (χ0) is 28.1. The van der Waals surface area contributed by atoms with Crippen LogP contribution in [0.3, 0.4) is 0 Å². The van der Waals surface area contributed by atoms with Crippen molar-refractivity contribution in [2.45, 2.75) is 55.0 Å². The van der Waals surface area contributed by atoms with Gasteiger partial charge in [0, 0.05) is 28.8 Å². The standard InChI is InChI=1S/C27H30ClNO10/c1-2-37-15-6-3-13(4-7-15)20(17-10-19(31)29-21(17)25(35)36)16-9-14(5-8-18(16)28)27-24(34)22(32)23(33)26(11-30,39-27)12-38-27/h3-9,17,20-24,30,32-34H,2,10-12H2,1H3,(H,29,31)(H,35,36)/t17?,20?,21-,22-,23-,24+,26-,27-/m0/s1. The number of halogens is 1. The molecule has 6 N–H and O–H groups in total. The van der Waals surface area contributed by atoms with Crippen LogP contribution in [0.4, 0.5) is 0 Å². The maximum absolute atomic E-state index is 12.4. The lowest BCUT2D eigenvalue weighted by Gasteiger charge is -2.46. The Bertz CT molecular complexity index is 1260. The number of rotatable bonds is 8. The number of carboxylic acids is 1. The van der Waals surface area contributed by atoms with E-state index in [4.69, 9.17) is 25.8 Å². The lowest BCUT2D eigenvalue weighted by atomic mass is 9.75. The van der Waals surface area contributed by atoms with Crippen LogP contribution >= 0.6 is 11.6 Å². The molecule has 210 valence electrons. The molecular formula is C27H30ClNO10. The molecule has 3 aliphatic heterocycles. The number of hydrogen-bond donors (Lipinski definition) is 6. The molecule has 0 radical (unpaired) electrons. The summed E-state index contributed by atoms with van der Waals surface area (Å²) in [4.78, 5) is 24.5. The molecule has 5 rings (SSSR count). The first-order valence-electron chi connectivity index (χ1n) is 12.6. The van der Waals surface area contributed by atoms with Gasteiger partial charge >= 0.3 is 5.97 Å². The molecule has 2 unspecified atom stereocenters. The molecular weight excluding hydrogens is 534 g/mol. The van der Waals surface area contributed by atoms with E-state index < -0.39 is 66.1 Å². The molecule has 0 aromatic heterocycles. The minimum absolute atomic E-state index is 0.0747. The first kappa shape index (κ1) is 27.8. The molecule has 3 heterocycles. The monoisotopic (exact) mass is 563 g/mol. The fourth-order valence-electron chi connectivity index (χ4n) is 5.90. The Labute approximate surface area is 228 Å². The molecule has 2 aromatic carbocycles. The molecule has 2 bridgehead atoms. The quantitative estimate of drug-likeness (QED) is 0.265. The number of aliphatic hydroxyl groups is 4. The normalized spacial score (nSPS) is 34.5. The fraction of sp³-hybridized carbons (Fsp3) is 0.481. The Morgan fingerprint density at radius 3 is 2.54 bits per heavy atom. The van der Waals surface area contributed by atoms with E-state index in [-0.39, 0.29) is 23.6 Å². The summed E-state index contributed by atoms with van der Waals surface area (Å²) >= 11 is 6.69. The first-order chi connectivity index (χ1) is 18.6. The van der Waals surface area contributed by atoms with Crippen LogP contribution in [0, 0.1) is 5.92 Å². The van der Waals surface area contributed by atoms with Gasteiger partial charge in [-0.3, -0.25) is 4.79 Å². The Balaban J connectivity index is 1.64. The first-order valence-corrected chi connectivity index (χ1v) is 13.0. The average molecular weight is 564 g/mol. The van der Waals surface area contributed by atoms with Crippen LogP contribution < -0.4 is 10.1 Å². The summed E-state index contributed by atoms with van der Waals surface area (Å²) in [5, 5.41) is 54.7. The lowest BCUT2D eigenvalue weighted by molar-refractivity contribution is -0.329. The average Bonchev–Trinajstić information content (AvgIpc) is 3.50. The van der Waals surface area contributed by atoms with E-state index >= 15 is 0 Å². The van der Waals surface area contributed by atoms with Crippen LogP contribution in [0.5, 0.6) is 5.75 Å². The number of hydrogen-bond acceptors (Lipinski definition) is 9. The summed E-state index contributed by atoms with van der Waals surface area (Å²) in [5.74, 6) is -4.37. The zero-order valence-electron chi connectivity index (χ0n) is 21.0. The molecule has 0 spiro atoms. The molecule has 3 fully saturated rings. The number of amides is 1. The second-order valence-corrected chi connectivity index (χ2v) is 10.5. The second-order valence-electron chi connectivity index (χ2n) is 10.1. The van der Waals surface area contributed by atoms with Crippen LogP contribution in [0.1, 0.15) is 36.0 Å². The van der Waals surface area contributed by atoms with Gasteiger partial charge in [0.25, 0.3) is 0 Å². The summed E-state index contributed by atoms with van der Waals surface area (Å²) in [6, 6.07) is 10.5. The highest BCUT2D eigenvalue weighted by molar-refractivity contribution is 6.31. The van der Waals surface area contributed by atoms with Crippen molar-refractivity contribution in [1.82, 2.24) is 5.32 Å². The van der Waals surface area contributed by atoms with Crippen LogP contribution in [0.15, 0.2) is 42.5 Å². The highest BCUT2D eigenvalue weighted by Gasteiger charge is 2.67. The van der Waals surface area contributed by atoms with Crippen molar-refractivity contribution < 1.29 is 49.3 Å². The summed E-state index contributed by atoms with van der Waals surface area (Å²) in [5.41, 5.74) is -0.332. The predicted octanol–water partition coefficient (Wildman–Crippen LogP) is 0.487. The van der Waals surface area contributed by atoms with Gasteiger partial charge in [-0.15, -0.1) is 0 Å². The number of fused-ring (bicyclic) bond motifs is 2. The van der Waals surface area contributed by atoms with E-state index in [0.29, 0.717) is 23.5 Å². The van der Waals surface area contributed by atoms with Crippen molar-refractivity contribution in [1.29, 1.82) is 0 Å². The van der Waals surface area contributed by atoms with Crippen molar-refractivity contribution in [2.24, 2.45) is 5.92 Å². The van der Waals surface area contributed by atoms with Crippen LogP contribution in [0.2, 0.25) is 5.02 Å². The summed E-state index contributed by atoms with van der Waals surface area (Å²) in [6.45, 7) is 1.33. The smallest absolute Gasteiger partial charge is 0.326 e. The molecule has 39 heavy (non-hydrogen) atoms. The van der Waals surface area contributed by atoms with E-state index in [1.165, 1.54) is 12.1 Å². The van der Waals surface area contributed by atoms with Crippen LogP contribution in [-0.2, 0) is 24.8 Å². The number of carbonyl (C=O) groups is 2. The molecule has 11 nitrogen and oxygen atoms in total. The van der Waals surface area contributed by atoms with Gasteiger partial charge in [-0.05, 0) is 42.3 Å². The van der Waals surface area contributed by atoms with Crippen molar-refractivity contribution in [3.63, 3.8) is 0 Å². The number of ether oxygens (including phenoxy) is 3. The van der Waals surface area contributed by atoms with Gasteiger partial charge in [-0.2, -0.15) is 0 Å². The maximum atomic E-state index is 12.4. The number of aliphatic carboxylic acids is 1. The van der Waals surface area contributed by atoms with E-state index in [0.717, 1.165) is 0 Å². The molecule has 1 amide bonds. The number of aliphatic hydroxyl groups excluding tert-OH is 4. The summed E-state index contributed by atoms with van der Waals surface area (Å²) in [6.07, 6.45) is -5.10. The van der Waals surface area contributed by atoms with E-state index in [2.05, 4.69) is 5.32 Å². The SMILES string of the molecule is CCOc1ccc(C(c2cc([C@]34OC[C@](CO)(O3)[C@@H](O)[C@H](O)[C@H]4O)ccc2Cl)C2CC(=O)N[C@@H]2C(=O)O)cc1. The topological polar surface area (TPSA) is 175 Å². The van der Waals surface area contributed by atoms with E-state index in [1.807, 2.05) is 6.92 Å². The van der Waals surface area contributed by atoms with Crippen molar-refractivity contribution in [3.05, 3.63) is 64.2 Å². The third-order valence-electron chi connectivity index (χ3n) is 7.87. The molecule has 12 heteroatoms. The molecule has 3 saturated heterocycles. The van der Waals surface area contributed by atoms with Crippen molar-refractivity contribution in [2.75, 3.05) is 19.8 Å². The molecule has 3 aliphatic rings. The largest absolute Gasteiger partial charge is 0.494 e. The van der Waals surface area contributed by atoms with Crippen LogP contribution in [0.25, 0.3) is 0 Å². The third kappa shape index (κ3) is 4.48.